The van der Waals surface area contributed by atoms with Gasteiger partial charge in [0.2, 0.25) is 0 Å². The minimum Gasteiger partial charge on any atom is -0.467 e. The van der Waals surface area contributed by atoms with Gasteiger partial charge < -0.3 is 18.9 Å². The van der Waals surface area contributed by atoms with E-state index in [0.29, 0.717) is 10.6 Å². The van der Waals surface area contributed by atoms with Gasteiger partial charge in [0.05, 0.1) is 30.7 Å². The molecule has 3 rings (SSSR count). The Morgan fingerprint density at radius 1 is 1.24 bits per heavy atom. The summed E-state index contributed by atoms with van der Waals surface area (Å²) in [5.41, 5.74) is 0. The van der Waals surface area contributed by atoms with Crippen LogP contribution in [0.3, 0.4) is 0 Å². The van der Waals surface area contributed by atoms with Gasteiger partial charge in [0.15, 0.2) is 6.61 Å². The smallest absolute Gasteiger partial charge is 0.437 e. The van der Waals surface area contributed by atoms with Crippen molar-refractivity contribution >= 4 is 29.2 Å². The summed E-state index contributed by atoms with van der Waals surface area (Å²) in [6.45, 7) is -0.606. The van der Waals surface area contributed by atoms with Crippen LogP contribution in [0, 0.1) is 0 Å². The van der Waals surface area contributed by atoms with E-state index < -0.39 is 30.3 Å². The molecule has 0 atom stereocenters. The quantitative estimate of drug-likeness (QED) is 0.516. The number of carbonyl (C=O) groups excluding carboxylic acids is 3. The molecule has 11 nitrogen and oxygen atoms in total. The molecule has 0 fully saturated rings. The van der Waals surface area contributed by atoms with Gasteiger partial charge in [-0.2, -0.15) is 4.68 Å². The van der Waals surface area contributed by atoms with Crippen LogP contribution in [-0.2, 0) is 27.4 Å². The lowest BCUT2D eigenvalue weighted by Gasteiger charge is -2.06. The van der Waals surface area contributed by atoms with E-state index >= 15 is 0 Å². The van der Waals surface area contributed by atoms with Gasteiger partial charge in [0.1, 0.15) is 5.76 Å². The predicted octanol–water partition coefficient (Wildman–Crippen LogP) is 1.12. The summed E-state index contributed by atoms with van der Waals surface area (Å²) >= 11 is 1.36. The Morgan fingerprint density at radius 2 is 2.10 bits per heavy atom. The summed E-state index contributed by atoms with van der Waals surface area (Å²) in [7, 11) is 0. The van der Waals surface area contributed by atoms with Crippen molar-refractivity contribution in [1.29, 1.82) is 0 Å². The Hall–Kier alpha value is -3.67. The van der Waals surface area contributed by atoms with Crippen molar-refractivity contribution in [3.05, 3.63) is 52.2 Å². The molecule has 0 bridgehead atoms. The highest BCUT2D eigenvalue weighted by molar-refractivity contribution is 7.13. The number of ether oxygens (including phenoxy) is 1. The van der Waals surface area contributed by atoms with Crippen LogP contribution in [0.2, 0.25) is 0 Å². The molecule has 0 aromatic carbocycles. The SMILES string of the molecule is O=C(COC(=O)CCn1nc(-c2cccs2)oc1=O)NC(=O)NCc1ccco1. The number of thiophene rings is 1. The molecule has 0 radical (unpaired) electrons. The van der Waals surface area contributed by atoms with Gasteiger partial charge in [-0.3, -0.25) is 14.9 Å². The van der Waals surface area contributed by atoms with E-state index in [2.05, 4.69) is 10.4 Å². The van der Waals surface area contributed by atoms with Gasteiger partial charge >= 0.3 is 17.8 Å². The number of furan rings is 1. The minimum absolute atomic E-state index is 0.0716. The molecular formula is C17H16N4O7S. The van der Waals surface area contributed by atoms with E-state index in [0.717, 1.165) is 4.68 Å². The van der Waals surface area contributed by atoms with Crippen molar-refractivity contribution in [2.45, 2.75) is 19.5 Å². The first kappa shape index (κ1) is 20.1. The number of esters is 1. The first-order valence-corrected chi connectivity index (χ1v) is 9.27. The van der Waals surface area contributed by atoms with E-state index in [1.165, 1.54) is 17.6 Å². The molecule has 0 aliphatic heterocycles. The number of aromatic nitrogens is 2. The summed E-state index contributed by atoms with van der Waals surface area (Å²) in [6.07, 6.45) is 1.25. The average molecular weight is 420 g/mol. The average Bonchev–Trinajstić information content (AvgIpc) is 3.44. The zero-order valence-corrected chi connectivity index (χ0v) is 15.8. The number of nitrogens with one attached hydrogen (secondary N) is 2. The Kier molecular flexibility index (Phi) is 6.58. The molecule has 29 heavy (non-hydrogen) atoms. The lowest BCUT2D eigenvalue weighted by Crippen LogP contribution is -2.41. The van der Waals surface area contributed by atoms with E-state index in [-0.39, 0.29) is 25.4 Å². The summed E-state index contributed by atoms with van der Waals surface area (Å²) < 4.78 is 15.8. The predicted molar refractivity (Wildman–Crippen MR) is 98.7 cm³/mol. The molecule has 3 amide bonds. The number of carbonyl (C=O) groups is 3. The lowest BCUT2D eigenvalue weighted by atomic mass is 10.4. The van der Waals surface area contributed by atoms with E-state index in [9.17, 15) is 19.2 Å². The molecule has 0 unspecified atom stereocenters. The van der Waals surface area contributed by atoms with Gasteiger partial charge in [-0.15, -0.1) is 16.4 Å². The number of hydrogen-bond donors (Lipinski definition) is 2. The largest absolute Gasteiger partial charge is 0.467 e. The molecular weight excluding hydrogens is 404 g/mol. The molecule has 12 heteroatoms. The van der Waals surface area contributed by atoms with Crippen molar-refractivity contribution in [2.75, 3.05) is 6.61 Å². The second-order valence-corrected chi connectivity index (χ2v) is 6.54. The zero-order valence-electron chi connectivity index (χ0n) is 15.0. The highest BCUT2D eigenvalue weighted by Crippen LogP contribution is 2.21. The van der Waals surface area contributed by atoms with E-state index in [1.807, 2.05) is 10.7 Å². The molecule has 3 aromatic rings. The number of urea groups is 1. The van der Waals surface area contributed by atoms with Crippen molar-refractivity contribution in [1.82, 2.24) is 20.4 Å². The fourth-order valence-corrected chi connectivity index (χ4v) is 2.79. The minimum atomic E-state index is -0.797. The molecule has 2 N–H and O–H groups in total. The van der Waals surface area contributed by atoms with Crippen LogP contribution in [0.15, 0.2) is 49.5 Å². The Bertz CT molecular complexity index is 1020. The van der Waals surface area contributed by atoms with E-state index in [1.54, 1.807) is 24.3 Å². The molecule has 0 aliphatic carbocycles. The Labute approximate surface area is 167 Å². The molecule has 0 saturated heterocycles. The lowest BCUT2D eigenvalue weighted by molar-refractivity contribution is -0.148. The summed E-state index contributed by atoms with van der Waals surface area (Å²) in [6, 6.07) is 6.11. The molecule has 152 valence electrons. The van der Waals surface area contributed by atoms with Gasteiger partial charge in [-0.1, -0.05) is 6.07 Å². The third-order valence-corrected chi connectivity index (χ3v) is 4.34. The summed E-state index contributed by atoms with van der Waals surface area (Å²) in [4.78, 5) is 47.4. The normalized spacial score (nSPS) is 10.5. The second kappa shape index (κ2) is 9.50. The van der Waals surface area contributed by atoms with Crippen LogP contribution >= 0.6 is 11.3 Å². The summed E-state index contributed by atoms with van der Waals surface area (Å²) in [5, 5.41) is 10.2. The third-order valence-electron chi connectivity index (χ3n) is 3.49. The van der Waals surface area contributed by atoms with Gasteiger partial charge in [0, 0.05) is 0 Å². The zero-order chi connectivity index (χ0) is 20.6. The maximum absolute atomic E-state index is 11.8. The topological polar surface area (TPSA) is 146 Å². The highest BCUT2D eigenvalue weighted by atomic mass is 32.1. The van der Waals surface area contributed by atoms with Crippen LogP contribution in [0.1, 0.15) is 12.2 Å². The fourth-order valence-electron chi connectivity index (χ4n) is 2.15. The number of rotatable bonds is 8. The number of amides is 3. The van der Waals surface area contributed by atoms with Gasteiger partial charge in [-0.25, -0.2) is 9.59 Å². The number of hydrogen-bond acceptors (Lipinski definition) is 9. The van der Waals surface area contributed by atoms with Crippen LogP contribution < -0.4 is 16.4 Å². The van der Waals surface area contributed by atoms with Gasteiger partial charge in [0.25, 0.3) is 11.8 Å². The number of imide groups is 1. The fraction of sp³-hybridized carbons (Fsp3) is 0.235. The van der Waals surface area contributed by atoms with Crippen molar-refractivity contribution < 1.29 is 28.0 Å². The second-order valence-electron chi connectivity index (χ2n) is 5.59. The van der Waals surface area contributed by atoms with Crippen LogP contribution in [0.5, 0.6) is 0 Å². The summed E-state index contributed by atoms with van der Waals surface area (Å²) in [5.74, 6) is -1.55. The maximum atomic E-state index is 11.8. The maximum Gasteiger partial charge on any atom is 0.437 e. The molecule has 0 aliphatic rings. The molecule has 0 saturated carbocycles. The Morgan fingerprint density at radius 3 is 2.83 bits per heavy atom. The van der Waals surface area contributed by atoms with Crippen LogP contribution in [0.25, 0.3) is 10.8 Å². The first-order valence-electron chi connectivity index (χ1n) is 8.39. The third kappa shape index (κ3) is 5.90. The highest BCUT2D eigenvalue weighted by Gasteiger charge is 2.14. The van der Waals surface area contributed by atoms with E-state index in [4.69, 9.17) is 13.6 Å². The monoisotopic (exact) mass is 420 g/mol. The number of nitrogens with zero attached hydrogens (tertiary/aromatic N) is 2. The molecule has 3 heterocycles. The van der Waals surface area contributed by atoms with Crippen molar-refractivity contribution in [2.24, 2.45) is 0 Å². The van der Waals surface area contributed by atoms with Crippen LogP contribution in [0.4, 0.5) is 4.79 Å². The van der Waals surface area contributed by atoms with Crippen molar-refractivity contribution in [3.8, 4) is 10.8 Å². The Balaban J connectivity index is 1.37. The standard InChI is InChI=1S/C17H16N4O7S/c22-13(19-16(24)18-9-11-3-1-7-26-11)10-27-14(23)5-6-21-17(25)28-15(20-21)12-4-2-8-29-12/h1-4,7-8H,5-6,9-10H2,(H2,18,19,22,24). The van der Waals surface area contributed by atoms with Crippen LogP contribution in [-0.4, -0.2) is 34.3 Å². The molecule has 3 aromatic heterocycles. The van der Waals surface area contributed by atoms with Gasteiger partial charge in [-0.05, 0) is 23.6 Å². The van der Waals surface area contributed by atoms with Crippen molar-refractivity contribution in [3.63, 3.8) is 0 Å². The first-order chi connectivity index (χ1) is 14.0. The number of aryl methyl sites for hydroxylation is 1. The molecule has 0 spiro atoms.